The molecule has 2 atom stereocenters. The number of benzene rings is 1. The van der Waals surface area contributed by atoms with Crippen molar-refractivity contribution in [3.63, 3.8) is 0 Å². The van der Waals surface area contributed by atoms with Crippen molar-refractivity contribution < 1.29 is 9.90 Å². The van der Waals surface area contributed by atoms with Gasteiger partial charge in [-0.25, -0.2) is 0 Å². The van der Waals surface area contributed by atoms with Gasteiger partial charge in [-0.1, -0.05) is 43.3 Å². The second-order valence-corrected chi connectivity index (χ2v) is 4.72. The number of rotatable bonds is 5. The van der Waals surface area contributed by atoms with Crippen molar-refractivity contribution in [2.45, 2.75) is 25.2 Å². The second-order valence-electron chi connectivity index (χ2n) is 4.72. The molecule has 0 fully saturated rings. The van der Waals surface area contributed by atoms with Crippen LogP contribution >= 0.6 is 0 Å². The van der Waals surface area contributed by atoms with E-state index in [1.165, 1.54) is 0 Å². The minimum absolute atomic E-state index is 0.197. The van der Waals surface area contributed by atoms with Gasteiger partial charge in [0.15, 0.2) is 0 Å². The minimum atomic E-state index is -0.796. The Hall–Kier alpha value is -2.16. The van der Waals surface area contributed by atoms with Crippen LogP contribution in [0.25, 0.3) is 0 Å². The monoisotopic (exact) mass is 255 g/mol. The molecule has 1 heterocycles. The number of carbonyl (C=O) groups is 1. The van der Waals surface area contributed by atoms with E-state index in [1.807, 2.05) is 36.4 Å². The molecule has 0 aliphatic heterocycles. The molecule has 1 aromatic heterocycles. The van der Waals surface area contributed by atoms with Crippen LogP contribution in [0.2, 0.25) is 0 Å². The lowest BCUT2D eigenvalue weighted by molar-refractivity contribution is -0.139. The lowest BCUT2D eigenvalue weighted by atomic mass is 9.87. The van der Waals surface area contributed by atoms with Crippen molar-refractivity contribution in [1.82, 2.24) is 4.98 Å². The van der Waals surface area contributed by atoms with Crippen molar-refractivity contribution in [3.05, 3.63) is 66.0 Å². The predicted octanol–water partition coefficient (Wildman–Crippen LogP) is 3.44. The van der Waals surface area contributed by atoms with Crippen LogP contribution in [0.4, 0.5) is 0 Å². The third-order valence-corrected chi connectivity index (χ3v) is 3.34. The number of carboxylic acids is 1. The van der Waals surface area contributed by atoms with Crippen LogP contribution in [-0.4, -0.2) is 16.1 Å². The third-order valence-electron chi connectivity index (χ3n) is 3.34. The summed E-state index contributed by atoms with van der Waals surface area (Å²) in [6.45, 7) is 2.06. The topological polar surface area (TPSA) is 50.2 Å². The normalized spacial score (nSPS) is 13.7. The van der Waals surface area contributed by atoms with Crippen molar-refractivity contribution in [3.8, 4) is 0 Å². The van der Waals surface area contributed by atoms with Gasteiger partial charge in [0.05, 0.1) is 5.92 Å². The molecule has 0 unspecified atom stereocenters. The third kappa shape index (κ3) is 3.41. The average Bonchev–Trinajstić information content (AvgIpc) is 2.46. The molecule has 19 heavy (non-hydrogen) atoms. The van der Waals surface area contributed by atoms with Crippen LogP contribution in [0.3, 0.4) is 0 Å². The van der Waals surface area contributed by atoms with Gasteiger partial charge in [0.1, 0.15) is 0 Å². The average molecular weight is 255 g/mol. The molecular weight excluding hydrogens is 238 g/mol. The first kappa shape index (κ1) is 13.3. The SMILES string of the molecule is C[C@H](C[C@H](C(=O)O)c1cccnc1)c1ccccc1. The van der Waals surface area contributed by atoms with E-state index in [2.05, 4.69) is 11.9 Å². The highest BCUT2D eigenvalue weighted by atomic mass is 16.4. The smallest absolute Gasteiger partial charge is 0.311 e. The molecule has 3 heteroatoms. The van der Waals surface area contributed by atoms with Crippen molar-refractivity contribution in [1.29, 1.82) is 0 Å². The van der Waals surface area contributed by atoms with E-state index >= 15 is 0 Å². The van der Waals surface area contributed by atoms with Gasteiger partial charge in [0.2, 0.25) is 0 Å². The highest BCUT2D eigenvalue weighted by Crippen LogP contribution is 2.29. The summed E-state index contributed by atoms with van der Waals surface area (Å²) in [4.78, 5) is 15.4. The van der Waals surface area contributed by atoms with Gasteiger partial charge in [0, 0.05) is 12.4 Å². The first-order valence-electron chi connectivity index (χ1n) is 6.36. The summed E-state index contributed by atoms with van der Waals surface area (Å²) in [7, 11) is 0. The van der Waals surface area contributed by atoms with Gasteiger partial charge in [-0.15, -0.1) is 0 Å². The first-order chi connectivity index (χ1) is 9.18. The Labute approximate surface area is 112 Å². The number of pyridine rings is 1. The fourth-order valence-electron chi connectivity index (χ4n) is 2.23. The van der Waals surface area contributed by atoms with Crippen LogP contribution in [-0.2, 0) is 4.79 Å². The summed E-state index contributed by atoms with van der Waals surface area (Å²) in [6.07, 6.45) is 3.87. The standard InChI is InChI=1S/C16H17NO2/c1-12(13-6-3-2-4-7-13)10-15(16(18)19)14-8-5-9-17-11-14/h2-9,11-12,15H,10H2,1H3,(H,18,19)/t12-,15+/m1/s1. The molecule has 1 N–H and O–H groups in total. The Kier molecular flexibility index (Phi) is 4.29. The Balaban J connectivity index is 2.16. The number of hydrogen-bond donors (Lipinski definition) is 1. The second kappa shape index (κ2) is 6.14. The quantitative estimate of drug-likeness (QED) is 0.890. The Morgan fingerprint density at radius 3 is 2.42 bits per heavy atom. The number of nitrogens with zero attached hydrogens (tertiary/aromatic N) is 1. The van der Waals surface area contributed by atoms with Gasteiger partial charge in [-0.3, -0.25) is 9.78 Å². The lowest BCUT2D eigenvalue weighted by Gasteiger charge is -2.18. The Morgan fingerprint density at radius 2 is 1.84 bits per heavy atom. The highest BCUT2D eigenvalue weighted by molar-refractivity contribution is 5.76. The highest BCUT2D eigenvalue weighted by Gasteiger charge is 2.23. The molecule has 0 spiro atoms. The first-order valence-corrected chi connectivity index (χ1v) is 6.36. The van der Waals surface area contributed by atoms with Crippen molar-refractivity contribution in [2.24, 2.45) is 0 Å². The molecule has 0 saturated heterocycles. The fourth-order valence-corrected chi connectivity index (χ4v) is 2.23. The molecule has 98 valence electrons. The molecular formula is C16H17NO2. The molecule has 0 aliphatic carbocycles. The number of hydrogen-bond acceptors (Lipinski definition) is 2. The molecule has 0 radical (unpaired) electrons. The van der Waals surface area contributed by atoms with Gasteiger partial charge >= 0.3 is 5.97 Å². The van der Waals surface area contributed by atoms with E-state index < -0.39 is 11.9 Å². The van der Waals surface area contributed by atoms with E-state index in [4.69, 9.17) is 0 Å². The lowest BCUT2D eigenvalue weighted by Crippen LogP contribution is -2.14. The van der Waals surface area contributed by atoms with Crippen LogP contribution in [0, 0.1) is 0 Å². The predicted molar refractivity (Wildman–Crippen MR) is 74.1 cm³/mol. The molecule has 0 saturated carbocycles. The van der Waals surface area contributed by atoms with Gasteiger partial charge in [-0.05, 0) is 29.5 Å². The van der Waals surface area contributed by atoms with Crippen LogP contribution in [0.1, 0.15) is 36.3 Å². The van der Waals surface area contributed by atoms with E-state index in [1.54, 1.807) is 18.5 Å². The summed E-state index contributed by atoms with van der Waals surface area (Å²) in [6, 6.07) is 13.6. The van der Waals surface area contributed by atoms with Gasteiger partial charge in [0.25, 0.3) is 0 Å². The van der Waals surface area contributed by atoms with Crippen LogP contribution in [0.15, 0.2) is 54.9 Å². The molecule has 1 aromatic carbocycles. The molecule has 0 bridgehead atoms. The summed E-state index contributed by atoms with van der Waals surface area (Å²) < 4.78 is 0. The summed E-state index contributed by atoms with van der Waals surface area (Å²) >= 11 is 0. The molecule has 0 aliphatic rings. The number of carboxylic acid groups (broad SMARTS) is 1. The molecule has 2 aromatic rings. The van der Waals surface area contributed by atoms with Gasteiger partial charge in [-0.2, -0.15) is 0 Å². The van der Waals surface area contributed by atoms with Crippen molar-refractivity contribution in [2.75, 3.05) is 0 Å². The summed E-state index contributed by atoms with van der Waals surface area (Å²) in [5, 5.41) is 9.39. The Morgan fingerprint density at radius 1 is 1.16 bits per heavy atom. The summed E-state index contributed by atoms with van der Waals surface area (Å²) in [5.41, 5.74) is 1.93. The van der Waals surface area contributed by atoms with Crippen LogP contribution < -0.4 is 0 Å². The van der Waals surface area contributed by atoms with E-state index in [9.17, 15) is 9.90 Å². The minimum Gasteiger partial charge on any atom is -0.481 e. The maximum absolute atomic E-state index is 11.4. The number of aliphatic carboxylic acids is 1. The fraction of sp³-hybridized carbons (Fsp3) is 0.250. The Bertz CT molecular complexity index is 525. The maximum atomic E-state index is 11.4. The largest absolute Gasteiger partial charge is 0.481 e. The number of aromatic nitrogens is 1. The van der Waals surface area contributed by atoms with E-state index in [-0.39, 0.29) is 5.92 Å². The maximum Gasteiger partial charge on any atom is 0.311 e. The molecule has 3 nitrogen and oxygen atoms in total. The summed E-state index contributed by atoms with van der Waals surface area (Å²) in [5.74, 6) is -1.11. The molecule has 2 rings (SSSR count). The van der Waals surface area contributed by atoms with E-state index in [0.717, 1.165) is 11.1 Å². The van der Waals surface area contributed by atoms with Crippen molar-refractivity contribution >= 4 is 5.97 Å². The zero-order chi connectivity index (χ0) is 13.7. The zero-order valence-corrected chi connectivity index (χ0v) is 10.9. The van der Waals surface area contributed by atoms with Crippen LogP contribution in [0.5, 0.6) is 0 Å². The van der Waals surface area contributed by atoms with Gasteiger partial charge < -0.3 is 5.11 Å². The van der Waals surface area contributed by atoms with E-state index in [0.29, 0.717) is 6.42 Å². The zero-order valence-electron chi connectivity index (χ0n) is 10.9. The molecule has 0 amide bonds.